The van der Waals surface area contributed by atoms with Crippen molar-refractivity contribution in [3.8, 4) is 0 Å². The summed E-state index contributed by atoms with van der Waals surface area (Å²) in [5.41, 5.74) is 7.88. The molecule has 2 N–H and O–H groups in total. The van der Waals surface area contributed by atoms with Gasteiger partial charge in [0, 0.05) is 19.4 Å². The van der Waals surface area contributed by atoms with Gasteiger partial charge in [0.2, 0.25) is 0 Å². The molecule has 0 amide bonds. The summed E-state index contributed by atoms with van der Waals surface area (Å²) < 4.78 is 0. The topological polar surface area (TPSA) is 43.1 Å². The van der Waals surface area contributed by atoms with Crippen LogP contribution < -0.4 is 5.73 Å². The van der Waals surface area contributed by atoms with Crippen molar-refractivity contribution in [3.63, 3.8) is 0 Å². The van der Waals surface area contributed by atoms with Crippen LogP contribution in [0.4, 0.5) is 0 Å². The summed E-state index contributed by atoms with van der Waals surface area (Å²) in [5.74, 6) is 0.344. The molecular formula is C17H27NO. The van der Waals surface area contributed by atoms with Crippen LogP contribution in [0.25, 0.3) is 0 Å². The van der Waals surface area contributed by atoms with E-state index in [4.69, 9.17) is 5.73 Å². The first kappa shape index (κ1) is 15.9. The molecule has 0 aliphatic carbocycles. The zero-order valence-electron chi connectivity index (χ0n) is 12.2. The number of hydrogen-bond acceptors (Lipinski definition) is 2. The molecule has 0 spiro atoms. The molecule has 1 rings (SSSR count). The molecule has 0 saturated carbocycles. The summed E-state index contributed by atoms with van der Waals surface area (Å²) in [6.07, 6.45) is 8.64. The fourth-order valence-corrected chi connectivity index (χ4v) is 2.33. The Morgan fingerprint density at radius 3 is 2.32 bits per heavy atom. The lowest BCUT2D eigenvalue weighted by atomic mass is 9.99. The minimum atomic E-state index is 0.344. The number of carbonyl (C=O) groups excluding carboxylic acids is 1. The SMILES string of the molecule is CCCCCCCCC(=O)Cc1ccccc1CN. The molecule has 0 saturated heterocycles. The van der Waals surface area contributed by atoms with E-state index in [2.05, 4.69) is 6.92 Å². The summed E-state index contributed by atoms with van der Waals surface area (Å²) in [6, 6.07) is 7.98. The quantitative estimate of drug-likeness (QED) is 0.647. The van der Waals surface area contributed by atoms with Crippen molar-refractivity contribution in [1.82, 2.24) is 0 Å². The number of rotatable bonds is 10. The second-order valence-corrected chi connectivity index (χ2v) is 5.21. The number of benzene rings is 1. The highest BCUT2D eigenvalue weighted by Crippen LogP contribution is 2.12. The minimum absolute atomic E-state index is 0.344. The maximum absolute atomic E-state index is 11.9. The summed E-state index contributed by atoms with van der Waals surface area (Å²) in [5, 5.41) is 0. The third-order valence-corrected chi connectivity index (χ3v) is 3.54. The predicted octanol–water partition coefficient (Wildman–Crippen LogP) is 4.01. The molecule has 0 aromatic heterocycles. The van der Waals surface area contributed by atoms with Crippen LogP contribution in [0.3, 0.4) is 0 Å². The molecule has 0 atom stereocenters. The van der Waals surface area contributed by atoms with E-state index < -0.39 is 0 Å². The van der Waals surface area contributed by atoms with Gasteiger partial charge in [0.15, 0.2) is 0 Å². The van der Waals surface area contributed by atoms with Gasteiger partial charge in [0.1, 0.15) is 5.78 Å². The van der Waals surface area contributed by atoms with E-state index in [0.29, 0.717) is 25.2 Å². The average molecular weight is 261 g/mol. The number of ketones is 1. The van der Waals surface area contributed by atoms with Crippen molar-refractivity contribution in [2.24, 2.45) is 5.73 Å². The maximum atomic E-state index is 11.9. The third kappa shape index (κ3) is 6.53. The zero-order chi connectivity index (χ0) is 13.9. The van der Waals surface area contributed by atoms with Crippen LogP contribution in [0.2, 0.25) is 0 Å². The Bertz CT molecular complexity index is 373. The van der Waals surface area contributed by atoms with E-state index in [0.717, 1.165) is 17.5 Å². The van der Waals surface area contributed by atoms with E-state index >= 15 is 0 Å². The Hall–Kier alpha value is -1.15. The van der Waals surface area contributed by atoms with Gasteiger partial charge in [-0.15, -0.1) is 0 Å². The van der Waals surface area contributed by atoms with Gasteiger partial charge in [0.05, 0.1) is 0 Å². The minimum Gasteiger partial charge on any atom is -0.326 e. The fourth-order valence-electron chi connectivity index (χ4n) is 2.33. The van der Waals surface area contributed by atoms with E-state index in [-0.39, 0.29) is 0 Å². The molecule has 19 heavy (non-hydrogen) atoms. The van der Waals surface area contributed by atoms with Crippen LogP contribution in [0, 0.1) is 0 Å². The van der Waals surface area contributed by atoms with Crippen molar-refractivity contribution in [1.29, 1.82) is 0 Å². The van der Waals surface area contributed by atoms with Crippen molar-refractivity contribution < 1.29 is 4.79 Å². The number of unbranched alkanes of at least 4 members (excludes halogenated alkanes) is 5. The second-order valence-electron chi connectivity index (χ2n) is 5.21. The molecule has 0 radical (unpaired) electrons. The summed E-state index contributed by atoms with van der Waals surface area (Å²) in [4.78, 5) is 11.9. The Kier molecular flexibility index (Phi) is 8.15. The number of hydrogen-bond donors (Lipinski definition) is 1. The molecule has 1 aromatic carbocycles. The first-order valence-corrected chi connectivity index (χ1v) is 7.56. The summed E-state index contributed by atoms with van der Waals surface area (Å²) in [7, 11) is 0. The van der Waals surface area contributed by atoms with Gasteiger partial charge in [0.25, 0.3) is 0 Å². The molecule has 0 heterocycles. The van der Waals surface area contributed by atoms with Crippen LogP contribution in [-0.2, 0) is 17.8 Å². The number of nitrogens with two attached hydrogens (primary N) is 1. The van der Waals surface area contributed by atoms with E-state index in [1.807, 2.05) is 24.3 Å². The Morgan fingerprint density at radius 1 is 1.00 bits per heavy atom. The molecule has 2 nitrogen and oxygen atoms in total. The highest BCUT2D eigenvalue weighted by atomic mass is 16.1. The lowest BCUT2D eigenvalue weighted by Gasteiger charge is -2.06. The standard InChI is InChI=1S/C17H27NO/c1-2-3-4-5-6-7-12-17(19)13-15-10-8-9-11-16(15)14-18/h8-11H,2-7,12-14,18H2,1H3. The van der Waals surface area contributed by atoms with Crippen molar-refractivity contribution in [3.05, 3.63) is 35.4 Å². The lowest BCUT2D eigenvalue weighted by Crippen LogP contribution is -2.07. The van der Waals surface area contributed by atoms with Crippen LogP contribution in [0.15, 0.2) is 24.3 Å². The Morgan fingerprint density at radius 2 is 1.63 bits per heavy atom. The largest absolute Gasteiger partial charge is 0.326 e. The first-order chi connectivity index (χ1) is 9.27. The van der Waals surface area contributed by atoms with Gasteiger partial charge in [-0.3, -0.25) is 4.79 Å². The highest BCUT2D eigenvalue weighted by molar-refractivity contribution is 5.81. The number of Topliss-reactive ketones (excluding diaryl/α,β-unsaturated/α-hetero) is 1. The zero-order valence-corrected chi connectivity index (χ0v) is 12.2. The van der Waals surface area contributed by atoms with Gasteiger partial charge >= 0.3 is 0 Å². The van der Waals surface area contributed by atoms with Crippen LogP contribution in [-0.4, -0.2) is 5.78 Å². The molecule has 2 heteroatoms. The molecule has 0 unspecified atom stereocenters. The number of carbonyl (C=O) groups is 1. The van der Waals surface area contributed by atoms with Crippen molar-refractivity contribution >= 4 is 5.78 Å². The van der Waals surface area contributed by atoms with Crippen molar-refractivity contribution in [2.75, 3.05) is 0 Å². The predicted molar refractivity (Wildman–Crippen MR) is 81.0 cm³/mol. The van der Waals surface area contributed by atoms with Gasteiger partial charge in [-0.1, -0.05) is 63.3 Å². The molecule has 0 fully saturated rings. The van der Waals surface area contributed by atoms with E-state index in [9.17, 15) is 4.79 Å². The molecule has 106 valence electrons. The second kappa shape index (κ2) is 9.74. The summed E-state index contributed by atoms with van der Waals surface area (Å²) in [6.45, 7) is 2.74. The fraction of sp³-hybridized carbons (Fsp3) is 0.588. The maximum Gasteiger partial charge on any atom is 0.137 e. The summed E-state index contributed by atoms with van der Waals surface area (Å²) >= 11 is 0. The smallest absolute Gasteiger partial charge is 0.137 e. The lowest BCUT2D eigenvalue weighted by molar-refractivity contribution is -0.118. The van der Waals surface area contributed by atoms with Gasteiger partial charge in [-0.05, 0) is 17.5 Å². The average Bonchev–Trinajstić information content (AvgIpc) is 2.43. The van der Waals surface area contributed by atoms with Crippen LogP contribution >= 0.6 is 0 Å². The van der Waals surface area contributed by atoms with Gasteiger partial charge in [-0.25, -0.2) is 0 Å². The molecule has 0 bridgehead atoms. The first-order valence-electron chi connectivity index (χ1n) is 7.56. The molecule has 0 aliphatic heterocycles. The third-order valence-electron chi connectivity index (χ3n) is 3.54. The van der Waals surface area contributed by atoms with Gasteiger partial charge in [-0.2, -0.15) is 0 Å². The monoisotopic (exact) mass is 261 g/mol. The van der Waals surface area contributed by atoms with Crippen LogP contribution in [0.5, 0.6) is 0 Å². The van der Waals surface area contributed by atoms with Gasteiger partial charge < -0.3 is 5.73 Å². The Labute approximate surface area is 117 Å². The Balaban J connectivity index is 2.23. The van der Waals surface area contributed by atoms with E-state index in [1.54, 1.807) is 0 Å². The normalized spacial score (nSPS) is 10.6. The molecular weight excluding hydrogens is 234 g/mol. The van der Waals surface area contributed by atoms with E-state index in [1.165, 1.54) is 32.1 Å². The van der Waals surface area contributed by atoms with Crippen molar-refractivity contribution in [2.45, 2.75) is 64.8 Å². The van der Waals surface area contributed by atoms with Crippen LogP contribution in [0.1, 0.15) is 63.0 Å². The highest BCUT2D eigenvalue weighted by Gasteiger charge is 2.06. The molecule has 0 aliphatic rings. The molecule has 1 aromatic rings.